The van der Waals surface area contributed by atoms with Crippen LogP contribution in [0.4, 0.5) is 0 Å². The van der Waals surface area contributed by atoms with Crippen LogP contribution in [-0.2, 0) is 10.3 Å². The number of hydrogen-bond acceptors (Lipinski definition) is 5. The van der Waals surface area contributed by atoms with E-state index in [1.165, 1.54) is 0 Å². The second-order valence-electron chi connectivity index (χ2n) is 10.6. The SMILES string of the molecule is COc1nc2ccc(Br)cc2cc1C(c1ccccc1)C(O)(CCN1CCOCC1)c1ccc2cc(Br)ccc2c1. The molecule has 0 amide bonds. The molecule has 1 fully saturated rings. The molecule has 0 spiro atoms. The maximum atomic E-state index is 13.2. The molecule has 2 atom stereocenters. The van der Waals surface area contributed by atoms with Crippen LogP contribution in [0.5, 0.6) is 5.88 Å². The summed E-state index contributed by atoms with van der Waals surface area (Å²) in [6, 6.07) is 30.9. The summed E-state index contributed by atoms with van der Waals surface area (Å²) in [7, 11) is 1.65. The number of fused-ring (bicyclic) bond motifs is 2. The number of methoxy groups -OCH3 is 1. The van der Waals surface area contributed by atoms with Gasteiger partial charge in [-0.2, -0.15) is 0 Å². The van der Waals surface area contributed by atoms with E-state index in [1.54, 1.807) is 7.11 Å². The van der Waals surface area contributed by atoms with Gasteiger partial charge in [0.05, 0.1) is 25.8 Å². The van der Waals surface area contributed by atoms with Crippen molar-refractivity contribution in [2.75, 3.05) is 40.0 Å². The van der Waals surface area contributed by atoms with Crippen molar-refractivity contribution in [2.24, 2.45) is 0 Å². The van der Waals surface area contributed by atoms with Crippen molar-refractivity contribution in [3.8, 4) is 5.88 Å². The average molecular weight is 676 g/mol. The highest BCUT2D eigenvalue weighted by molar-refractivity contribution is 9.10. The highest BCUT2D eigenvalue weighted by Crippen LogP contribution is 2.48. The monoisotopic (exact) mass is 674 g/mol. The Morgan fingerprint density at radius 2 is 1.56 bits per heavy atom. The number of halogens is 2. The van der Waals surface area contributed by atoms with Crippen molar-refractivity contribution < 1.29 is 14.6 Å². The average Bonchev–Trinajstić information content (AvgIpc) is 3.00. The van der Waals surface area contributed by atoms with E-state index in [9.17, 15) is 5.11 Å². The number of hydrogen-bond donors (Lipinski definition) is 1. The third kappa shape index (κ3) is 5.92. The number of ether oxygens (including phenoxy) is 2. The molecule has 1 saturated heterocycles. The first-order valence-electron chi connectivity index (χ1n) is 13.9. The Kier molecular flexibility index (Phi) is 8.42. The fourth-order valence-electron chi connectivity index (χ4n) is 5.97. The lowest BCUT2D eigenvalue weighted by molar-refractivity contribution is -0.0154. The van der Waals surface area contributed by atoms with Gasteiger partial charge in [0.15, 0.2) is 0 Å². The van der Waals surface area contributed by atoms with Crippen LogP contribution in [0.2, 0.25) is 0 Å². The van der Waals surface area contributed by atoms with Crippen LogP contribution in [0, 0.1) is 0 Å². The molecule has 41 heavy (non-hydrogen) atoms. The van der Waals surface area contributed by atoms with Gasteiger partial charge in [-0.15, -0.1) is 0 Å². The Balaban J connectivity index is 1.57. The minimum Gasteiger partial charge on any atom is -0.481 e. The summed E-state index contributed by atoms with van der Waals surface area (Å²) >= 11 is 7.22. The van der Waals surface area contributed by atoms with Crippen LogP contribution in [0.3, 0.4) is 0 Å². The first kappa shape index (κ1) is 28.3. The molecule has 0 bridgehead atoms. The van der Waals surface area contributed by atoms with Gasteiger partial charge in [0.2, 0.25) is 5.88 Å². The third-order valence-corrected chi connectivity index (χ3v) is 9.09. The number of nitrogens with zero attached hydrogens (tertiary/aromatic N) is 2. The van der Waals surface area contributed by atoms with E-state index in [0.717, 1.165) is 66.9 Å². The van der Waals surface area contributed by atoms with Crippen molar-refractivity contribution in [3.63, 3.8) is 0 Å². The normalized spacial score (nSPS) is 16.5. The van der Waals surface area contributed by atoms with E-state index in [0.29, 0.717) is 25.5 Å². The van der Waals surface area contributed by atoms with Crippen molar-refractivity contribution in [3.05, 3.63) is 117 Å². The molecular weight excluding hydrogens is 644 g/mol. The molecule has 1 aliphatic heterocycles. The molecule has 7 heteroatoms. The lowest BCUT2D eigenvalue weighted by Gasteiger charge is -2.40. The molecule has 1 aromatic heterocycles. The first-order chi connectivity index (χ1) is 19.9. The van der Waals surface area contributed by atoms with Gasteiger partial charge in [-0.1, -0.05) is 80.4 Å². The molecule has 5 aromatic rings. The van der Waals surface area contributed by atoms with Gasteiger partial charge in [-0.25, -0.2) is 4.98 Å². The van der Waals surface area contributed by atoms with Gasteiger partial charge >= 0.3 is 0 Å². The molecular formula is C34H32Br2N2O3. The number of morpholine rings is 1. The van der Waals surface area contributed by atoms with E-state index < -0.39 is 11.5 Å². The quantitative estimate of drug-likeness (QED) is 0.183. The second kappa shape index (κ2) is 12.2. The van der Waals surface area contributed by atoms with E-state index in [-0.39, 0.29) is 0 Å². The number of aromatic nitrogens is 1. The minimum absolute atomic E-state index is 0.441. The summed E-state index contributed by atoms with van der Waals surface area (Å²) in [6.45, 7) is 3.86. The van der Waals surface area contributed by atoms with Crippen LogP contribution in [0.1, 0.15) is 29.0 Å². The standard InChI is InChI=1S/C34H32Br2N2O3/c1-40-33-30(22-26-21-29(36)11-12-31(26)37-33)32(23-5-3-2-4-6-23)34(39,13-14-38-15-17-41-18-16-38)27-9-7-25-20-28(35)10-8-24(25)19-27/h2-12,19-22,32,39H,13-18H2,1H3. The van der Waals surface area contributed by atoms with Crippen LogP contribution >= 0.6 is 31.9 Å². The van der Waals surface area contributed by atoms with Gasteiger partial charge in [-0.05, 0) is 70.8 Å². The molecule has 1 N–H and O–H groups in total. The zero-order chi connectivity index (χ0) is 28.4. The number of benzene rings is 4. The number of aliphatic hydroxyl groups is 1. The summed E-state index contributed by atoms with van der Waals surface area (Å²) in [4.78, 5) is 7.29. The Labute approximate surface area is 257 Å². The molecule has 2 heterocycles. The Bertz CT molecular complexity index is 1670. The van der Waals surface area contributed by atoms with Gasteiger partial charge in [0.25, 0.3) is 0 Å². The van der Waals surface area contributed by atoms with Crippen molar-refractivity contribution >= 4 is 53.5 Å². The van der Waals surface area contributed by atoms with E-state index >= 15 is 0 Å². The smallest absolute Gasteiger partial charge is 0.217 e. The maximum Gasteiger partial charge on any atom is 0.217 e. The lowest BCUT2D eigenvalue weighted by atomic mass is 9.71. The van der Waals surface area contributed by atoms with Crippen LogP contribution in [0.25, 0.3) is 21.7 Å². The van der Waals surface area contributed by atoms with E-state index in [1.807, 2.05) is 36.4 Å². The zero-order valence-electron chi connectivity index (χ0n) is 22.9. The molecule has 0 radical (unpaired) electrons. The van der Waals surface area contributed by atoms with Gasteiger partial charge in [0, 0.05) is 45.4 Å². The van der Waals surface area contributed by atoms with Crippen molar-refractivity contribution in [1.29, 1.82) is 0 Å². The number of rotatable bonds is 8. The van der Waals surface area contributed by atoms with Gasteiger partial charge in [-0.3, -0.25) is 4.90 Å². The maximum absolute atomic E-state index is 13.2. The lowest BCUT2D eigenvalue weighted by Crippen LogP contribution is -2.42. The van der Waals surface area contributed by atoms with Gasteiger partial charge < -0.3 is 14.6 Å². The largest absolute Gasteiger partial charge is 0.481 e. The van der Waals surface area contributed by atoms with Crippen molar-refractivity contribution in [1.82, 2.24) is 9.88 Å². The summed E-state index contributed by atoms with van der Waals surface area (Å²) in [5.74, 6) is 0.0756. The third-order valence-electron chi connectivity index (χ3n) is 8.10. The van der Waals surface area contributed by atoms with E-state index in [2.05, 4.69) is 91.4 Å². The van der Waals surface area contributed by atoms with E-state index in [4.69, 9.17) is 14.5 Å². The zero-order valence-corrected chi connectivity index (χ0v) is 26.1. The first-order valence-corrected chi connectivity index (χ1v) is 15.4. The Hall–Kier alpha value is -2.81. The van der Waals surface area contributed by atoms with Crippen LogP contribution in [-0.4, -0.2) is 54.9 Å². The molecule has 210 valence electrons. The Morgan fingerprint density at radius 3 is 2.32 bits per heavy atom. The fourth-order valence-corrected chi connectivity index (χ4v) is 6.73. The molecule has 1 aliphatic rings. The summed E-state index contributed by atoms with van der Waals surface area (Å²) < 4.78 is 13.5. The fraction of sp³-hybridized carbons (Fsp3) is 0.265. The highest BCUT2D eigenvalue weighted by atomic mass is 79.9. The van der Waals surface area contributed by atoms with Crippen LogP contribution in [0.15, 0.2) is 99.9 Å². The summed E-state index contributed by atoms with van der Waals surface area (Å²) in [5.41, 5.74) is 2.29. The molecule has 4 aromatic carbocycles. The second-order valence-corrected chi connectivity index (χ2v) is 12.4. The number of pyridine rings is 1. The molecule has 0 saturated carbocycles. The molecule has 0 aliphatic carbocycles. The topological polar surface area (TPSA) is 54.8 Å². The summed E-state index contributed by atoms with van der Waals surface area (Å²) in [5, 5.41) is 16.4. The predicted octanol–water partition coefficient (Wildman–Crippen LogP) is 7.66. The predicted molar refractivity (Wildman–Crippen MR) is 172 cm³/mol. The van der Waals surface area contributed by atoms with Crippen molar-refractivity contribution in [2.45, 2.75) is 17.9 Å². The Morgan fingerprint density at radius 1 is 0.878 bits per heavy atom. The molecule has 5 nitrogen and oxygen atoms in total. The van der Waals surface area contributed by atoms with Crippen LogP contribution < -0.4 is 4.74 Å². The molecule has 6 rings (SSSR count). The molecule has 2 unspecified atom stereocenters. The van der Waals surface area contributed by atoms with Gasteiger partial charge in [0.1, 0.15) is 5.60 Å². The highest BCUT2D eigenvalue weighted by Gasteiger charge is 2.42. The minimum atomic E-state index is -1.27. The summed E-state index contributed by atoms with van der Waals surface area (Å²) in [6.07, 6.45) is 0.522.